The summed E-state index contributed by atoms with van der Waals surface area (Å²) in [5.74, 6) is -0.541. The first kappa shape index (κ1) is 14.8. The molecule has 26 heavy (non-hydrogen) atoms. The van der Waals surface area contributed by atoms with Crippen LogP contribution in [0.1, 0.15) is 24.4 Å². The summed E-state index contributed by atoms with van der Waals surface area (Å²) in [6.45, 7) is 0. The van der Waals surface area contributed by atoms with Crippen LogP contribution in [0.25, 0.3) is 27.8 Å². The monoisotopic (exact) mass is 344 g/mol. The third-order valence-corrected chi connectivity index (χ3v) is 4.63. The van der Waals surface area contributed by atoms with Crippen LogP contribution in [-0.2, 0) is 0 Å². The van der Waals surface area contributed by atoms with Crippen molar-refractivity contribution in [1.82, 2.24) is 24.4 Å². The highest BCUT2D eigenvalue weighted by atomic mass is 19.1. The Morgan fingerprint density at radius 1 is 1.04 bits per heavy atom. The van der Waals surface area contributed by atoms with Crippen LogP contribution in [0.5, 0.6) is 0 Å². The topological polar surface area (TPSA) is 71.8 Å². The van der Waals surface area contributed by atoms with E-state index in [1.807, 2.05) is 29.3 Å². The van der Waals surface area contributed by atoms with Crippen LogP contribution in [0, 0.1) is 17.3 Å². The first-order valence-corrected chi connectivity index (χ1v) is 8.31. The third kappa shape index (κ3) is 2.35. The maximum absolute atomic E-state index is 13.2. The summed E-state index contributed by atoms with van der Waals surface area (Å²) >= 11 is 0. The number of hydrogen-bond acceptors (Lipinski definition) is 4. The molecule has 0 spiro atoms. The normalized spacial score (nSPS) is 13.8. The lowest BCUT2D eigenvalue weighted by Gasteiger charge is -2.08. The van der Waals surface area contributed by atoms with Gasteiger partial charge in [-0.05, 0) is 31.0 Å². The standard InChI is InChI=1S/C19H13FN6/c20-18-4-1-12(7-22-18)17-5-13(10-26-19(17)14(6-21)8-24-26)15-9-23-25(11-15)16-2-3-16/h1,4-5,7-11,16H,2-3H2. The van der Waals surface area contributed by atoms with E-state index in [1.165, 1.54) is 18.5 Å². The number of pyridine rings is 2. The van der Waals surface area contributed by atoms with Crippen molar-refractivity contribution in [2.75, 3.05) is 0 Å². The highest BCUT2D eigenvalue weighted by Crippen LogP contribution is 2.36. The summed E-state index contributed by atoms with van der Waals surface area (Å²) < 4.78 is 16.9. The molecule has 1 fully saturated rings. The molecule has 1 aliphatic rings. The van der Waals surface area contributed by atoms with E-state index < -0.39 is 5.95 Å². The van der Waals surface area contributed by atoms with Crippen LogP contribution >= 0.6 is 0 Å². The smallest absolute Gasteiger partial charge is 0.212 e. The molecule has 4 aromatic rings. The Morgan fingerprint density at radius 3 is 2.65 bits per heavy atom. The third-order valence-electron chi connectivity index (χ3n) is 4.63. The van der Waals surface area contributed by atoms with E-state index in [0.29, 0.717) is 17.1 Å². The van der Waals surface area contributed by atoms with E-state index >= 15 is 0 Å². The summed E-state index contributed by atoms with van der Waals surface area (Å²) in [4.78, 5) is 3.74. The van der Waals surface area contributed by atoms with Gasteiger partial charge in [0.1, 0.15) is 6.07 Å². The number of rotatable bonds is 3. The molecule has 0 bridgehead atoms. The molecule has 1 aliphatic carbocycles. The van der Waals surface area contributed by atoms with Crippen LogP contribution in [0.15, 0.2) is 49.2 Å². The zero-order valence-electron chi connectivity index (χ0n) is 13.7. The number of halogens is 1. The van der Waals surface area contributed by atoms with Crippen molar-refractivity contribution in [3.63, 3.8) is 0 Å². The number of fused-ring (bicyclic) bond motifs is 1. The predicted molar refractivity (Wildman–Crippen MR) is 92.6 cm³/mol. The summed E-state index contributed by atoms with van der Waals surface area (Å²) in [5.41, 5.74) is 4.55. The van der Waals surface area contributed by atoms with E-state index in [0.717, 1.165) is 35.1 Å². The van der Waals surface area contributed by atoms with E-state index in [-0.39, 0.29) is 0 Å². The number of nitriles is 1. The van der Waals surface area contributed by atoms with Gasteiger partial charge in [0.05, 0.1) is 29.5 Å². The van der Waals surface area contributed by atoms with Crippen LogP contribution in [-0.4, -0.2) is 24.4 Å². The first-order valence-electron chi connectivity index (χ1n) is 8.31. The number of nitrogens with zero attached hydrogens (tertiary/aromatic N) is 6. The number of aromatic nitrogens is 5. The molecular formula is C19H13FN6. The SMILES string of the molecule is N#Cc1cnn2cc(-c3cnn(C4CC4)c3)cc(-c3ccc(F)nc3)c12. The second-order valence-electron chi connectivity index (χ2n) is 6.42. The Labute approximate surface area is 148 Å². The summed E-state index contributed by atoms with van der Waals surface area (Å²) in [6, 6.07) is 7.61. The van der Waals surface area contributed by atoms with Gasteiger partial charge in [-0.15, -0.1) is 0 Å². The van der Waals surface area contributed by atoms with Gasteiger partial charge < -0.3 is 0 Å². The van der Waals surface area contributed by atoms with Gasteiger partial charge in [0.25, 0.3) is 0 Å². The van der Waals surface area contributed by atoms with Crippen molar-refractivity contribution in [2.24, 2.45) is 0 Å². The summed E-state index contributed by atoms with van der Waals surface area (Å²) in [7, 11) is 0. The van der Waals surface area contributed by atoms with Crippen molar-refractivity contribution >= 4 is 5.52 Å². The molecule has 0 radical (unpaired) electrons. The minimum absolute atomic E-state index is 0.463. The molecule has 6 nitrogen and oxygen atoms in total. The molecule has 0 aliphatic heterocycles. The molecule has 4 heterocycles. The fourth-order valence-electron chi connectivity index (χ4n) is 3.14. The lowest BCUT2D eigenvalue weighted by Crippen LogP contribution is -1.94. The second-order valence-corrected chi connectivity index (χ2v) is 6.42. The lowest BCUT2D eigenvalue weighted by molar-refractivity contribution is 0.584. The highest BCUT2D eigenvalue weighted by molar-refractivity contribution is 5.87. The lowest BCUT2D eigenvalue weighted by atomic mass is 10.0. The average Bonchev–Trinajstić information content (AvgIpc) is 3.24. The van der Waals surface area contributed by atoms with Crippen LogP contribution in [0.2, 0.25) is 0 Å². The molecule has 0 atom stereocenters. The predicted octanol–water partition coefficient (Wildman–Crippen LogP) is 3.61. The van der Waals surface area contributed by atoms with Crippen LogP contribution in [0.4, 0.5) is 4.39 Å². The van der Waals surface area contributed by atoms with Crippen LogP contribution < -0.4 is 0 Å². The van der Waals surface area contributed by atoms with E-state index in [2.05, 4.69) is 21.3 Å². The fraction of sp³-hybridized carbons (Fsp3) is 0.158. The molecule has 0 N–H and O–H groups in total. The molecule has 4 aromatic heterocycles. The molecule has 5 rings (SSSR count). The largest absolute Gasteiger partial charge is 0.269 e. The van der Waals surface area contributed by atoms with Gasteiger partial charge in [-0.25, -0.2) is 9.50 Å². The second kappa shape index (κ2) is 5.49. The molecule has 126 valence electrons. The van der Waals surface area contributed by atoms with Gasteiger partial charge >= 0.3 is 0 Å². The van der Waals surface area contributed by atoms with Crippen LogP contribution in [0.3, 0.4) is 0 Å². The fourth-order valence-corrected chi connectivity index (χ4v) is 3.14. The average molecular weight is 344 g/mol. The first-order chi connectivity index (χ1) is 12.7. The minimum atomic E-state index is -0.541. The Balaban J connectivity index is 1.73. The molecule has 0 amide bonds. The molecular weight excluding hydrogens is 331 g/mol. The molecule has 1 saturated carbocycles. The van der Waals surface area contributed by atoms with E-state index in [1.54, 1.807) is 10.6 Å². The van der Waals surface area contributed by atoms with Gasteiger partial charge in [0.2, 0.25) is 5.95 Å². The van der Waals surface area contributed by atoms with Gasteiger partial charge in [-0.2, -0.15) is 19.8 Å². The number of hydrogen-bond donors (Lipinski definition) is 0. The van der Waals surface area contributed by atoms with Gasteiger partial charge in [-0.3, -0.25) is 4.68 Å². The van der Waals surface area contributed by atoms with E-state index in [9.17, 15) is 9.65 Å². The minimum Gasteiger partial charge on any atom is -0.269 e. The maximum atomic E-state index is 13.2. The molecule has 0 saturated heterocycles. The zero-order chi connectivity index (χ0) is 17.7. The summed E-state index contributed by atoms with van der Waals surface area (Å²) in [5, 5.41) is 18.2. The van der Waals surface area contributed by atoms with Crippen molar-refractivity contribution in [2.45, 2.75) is 18.9 Å². The van der Waals surface area contributed by atoms with Crippen molar-refractivity contribution < 1.29 is 4.39 Å². The Hall–Kier alpha value is -3.53. The van der Waals surface area contributed by atoms with Crippen molar-refractivity contribution in [1.29, 1.82) is 5.26 Å². The maximum Gasteiger partial charge on any atom is 0.212 e. The Bertz CT molecular complexity index is 1160. The Morgan fingerprint density at radius 2 is 1.92 bits per heavy atom. The Kier molecular flexibility index (Phi) is 3.12. The molecule has 0 aromatic carbocycles. The van der Waals surface area contributed by atoms with Gasteiger partial charge in [0.15, 0.2) is 0 Å². The van der Waals surface area contributed by atoms with Crippen molar-refractivity contribution in [3.05, 3.63) is 60.7 Å². The summed E-state index contributed by atoms with van der Waals surface area (Å²) in [6.07, 6.45) is 11.1. The van der Waals surface area contributed by atoms with E-state index in [4.69, 9.17) is 0 Å². The molecule has 0 unspecified atom stereocenters. The highest BCUT2D eigenvalue weighted by Gasteiger charge is 2.24. The molecule has 7 heteroatoms. The quantitative estimate of drug-likeness (QED) is 0.532. The van der Waals surface area contributed by atoms with Gasteiger partial charge in [-0.1, -0.05) is 0 Å². The van der Waals surface area contributed by atoms with Crippen molar-refractivity contribution in [3.8, 4) is 28.3 Å². The van der Waals surface area contributed by atoms with Gasteiger partial charge in [0, 0.05) is 40.8 Å². The zero-order valence-corrected chi connectivity index (χ0v) is 13.7.